The first-order valence-electron chi connectivity index (χ1n) is 7.66. The van der Waals surface area contributed by atoms with Gasteiger partial charge in [-0.15, -0.1) is 11.3 Å². The SMILES string of the molecule is Cc1cc2ccc(C[C@H](C)c3cc4ccccc4s3)cc2o1. The Balaban J connectivity index is 1.62. The van der Waals surface area contributed by atoms with Gasteiger partial charge in [0.15, 0.2) is 0 Å². The summed E-state index contributed by atoms with van der Waals surface area (Å²) in [5, 5.41) is 2.54. The molecule has 0 radical (unpaired) electrons. The molecule has 22 heavy (non-hydrogen) atoms. The second-order valence-corrected chi connectivity index (χ2v) is 7.14. The monoisotopic (exact) mass is 306 g/mol. The van der Waals surface area contributed by atoms with Gasteiger partial charge in [0, 0.05) is 15.0 Å². The highest BCUT2D eigenvalue weighted by molar-refractivity contribution is 7.19. The Labute approximate surface area is 134 Å². The van der Waals surface area contributed by atoms with Crippen LogP contribution in [0.15, 0.2) is 59.0 Å². The van der Waals surface area contributed by atoms with Crippen molar-refractivity contribution in [2.45, 2.75) is 26.2 Å². The van der Waals surface area contributed by atoms with Gasteiger partial charge in [0.25, 0.3) is 0 Å². The number of furan rings is 1. The first-order chi connectivity index (χ1) is 10.7. The quantitative estimate of drug-likeness (QED) is 0.433. The number of thiophene rings is 1. The summed E-state index contributed by atoms with van der Waals surface area (Å²) < 4.78 is 7.12. The highest BCUT2D eigenvalue weighted by atomic mass is 32.1. The van der Waals surface area contributed by atoms with Crippen LogP contribution < -0.4 is 0 Å². The van der Waals surface area contributed by atoms with Gasteiger partial charge in [0.05, 0.1) is 0 Å². The molecule has 4 aromatic rings. The third-order valence-electron chi connectivity index (χ3n) is 4.18. The first-order valence-corrected chi connectivity index (χ1v) is 8.48. The third-order valence-corrected chi connectivity index (χ3v) is 5.53. The average molecular weight is 306 g/mol. The fraction of sp³-hybridized carbons (Fsp3) is 0.200. The lowest BCUT2D eigenvalue weighted by atomic mass is 9.99. The van der Waals surface area contributed by atoms with Crippen molar-refractivity contribution in [1.29, 1.82) is 0 Å². The lowest BCUT2D eigenvalue weighted by Crippen LogP contribution is -1.95. The van der Waals surface area contributed by atoms with Crippen LogP contribution in [0.4, 0.5) is 0 Å². The van der Waals surface area contributed by atoms with Crippen molar-refractivity contribution in [2.75, 3.05) is 0 Å². The van der Waals surface area contributed by atoms with Gasteiger partial charge >= 0.3 is 0 Å². The minimum Gasteiger partial charge on any atom is -0.461 e. The molecule has 2 aromatic carbocycles. The molecule has 0 aliphatic heterocycles. The van der Waals surface area contributed by atoms with Gasteiger partial charge in [0.2, 0.25) is 0 Å². The predicted octanol–water partition coefficient (Wildman–Crippen LogP) is 6.30. The second kappa shape index (κ2) is 5.29. The molecule has 0 aliphatic carbocycles. The molecule has 0 saturated carbocycles. The molecule has 0 amide bonds. The maximum Gasteiger partial charge on any atom is 0.134 e. The summed E-state index contributed by atoms with van der Waals surface area (Å²) in [5.74, 6) is 1.50. The molecular weight excluding hydrogens is 288 g/mol. The maximum atomic E-state index is 5.75. The summed E-state index contributed by atoms with van der Waals surface area (Å²) in [4.78, 5) is 1.46. The van der Waals surface area contributed by atoms with Gasteiger partial charge in [-0.05, 0) is 54.5 Å². The van der Waals surface area contributed by atoms with Crippen LogP contribution in [-0.2, 0) is 6.42 Å². The van der Waals surface area contributed by atoms with E-state index in [2.05, 4.69) is 61.5 Å². The van der Waals surface area contributed by atoms with E-state index in [1.54, 1.807) is 0 Å². The van der Waals surface area contributed by atoms with E-state index >= 15 is 0 Å². The van der Waals surface area contributed by atoms with Gasteiger partial charge in [-0.25, -0.2) is 0 Å². The third kappa shape index (κ3) is 2.44. The molecule has 1 atom stereocenters. The molecule has 2 aromatic heterocycles. The fourth-order valence-electron chi connectivity index (χ4n) is 3.03. The first kappa shape index (κ1) is 13.6. The highest BCUT2D eigenvalue weighted by Crippen LogP contribution is 2.33. The molecule has 0 unspecified atom stereocenters. The van der Waals surface area contributed by atoms with E-state index in [0.29, 0.717) is 5.92 Å². The van der Waals surface area contributed by atoms with Crippen molar-refractivity contribution >= 4 is 32.4 Å². The van der Waals surface area contributed by atoms with Crippen LogP contribution in [0.2, 0.25) is 0 Å². The van der Waals surface area contributed by atoms with E-state index in [4.69, 9.17) is 4.42 Å². The largest absolute Gasteiger partial charge is 0.461 e. The van der Waals surface area contributed by atoms with Crippen LogP contribution in [0.1, 0.15) is 29.0 Å². The van der Waals surface area contributed by atoms with Crippen molar-refractivity contribution in [3.8, 4) is 0 Å². The van der Waals surface area contributed by atoms with Crippen molar-refractivity contribution in [1.82, 2.24) is 0 Å². The molecule has 0 fully saturated rings. The van der Waals surface area contributed by atoms with Gasteiger partial charge in [-0.1, -0.05) is 37.3 Å². The molecule has 0 spiro atoms. The predicted molar refractivity (Wildman–Crippen MR) is 94.9 cm³/mol. The normalized spacial score (nSPS) is 13.0. The smallest absolute Gasteiger partial charge is 0.134 e. The van der Waals surface area contributed by atoms with Crippen LogP contribution in [0.3, 0.4) is 0 Å². The zero-order chi connectivity index (χ0) is 15.1. The number of fused-ring (bicyclic) bond motifs is 2. The average Bonchev–Trinajstić information content (AvgIpc) is 3.08. The molecule has 0 aliphatic rings. The summed E-state index contributed by atoms with van der Waals surface area (Å²) >= 11 is 1.91. The Hall–Kier alpha value is -2.06. The number of rotatable bonds is 3. The summed E-state index contributed by atoms with van der Waals surface area (Å²) in [6, 6.07) is 19.6. The summed E-state index contributed by atoms with van der Waals surface area (Å²) in [6.07, 6.45) is 1.04. The second-order valence-electron chi connectivity index (χ2n) is 6.02. The van der Waals surface area contributed by atoms with Crippen molar-refractivity contribution < 1.29 is 4.42 Å². The molecule has 0 saturated heterocycles. The van der Waals surface area contributed by atoms with E-state index in [9.17, 15) is 0 Å². The van der Waals surface area contributed by atoms with Gasteiger partial charge < -0.3 is 4.42 Å². The number of aryl methyl sites for hydroxylation is 1. The standard InChI is InChI=1S/C20H18OS/c1-13(20-12-17-5-3-4-6-19(17)22-20)9-15-7-8-16-10-14(2)21-18(16)11-15/h3-8,10-13H,9H2,1-2H3/t13-/m0/s1. The topological polar surface area (TPSA) is 13.1 Å². The Morgan fingerprint density at radius 2 is 1.86 bits per heavy atom. The summed E-state index contributed by atoms with van der Waals surface area (Å²) in [5.41, 5.74) is 2.34. The maximum absolute atomic E-state index is 5.75. The van der Waals surface area contributed by atoms with Crippen molar-refractivity contribution in [3.05, 3.63) is 70.8 Å². The number of hydrogen-bond donors (Lipinski definition) is 0. The molecule has 1 nitrogen and oxygen atoms in total. The molecule has 110 valence electrons. The Bertz CT molecular complexity index is 912. The molecular formula is C20H18OS. The van der Waals surface area contributed by atoms with Crippen LogP contribution in [0.25, 0.3) is 21.1 Å². The van der Waals surface area contributed by atoms with Crippen LogP contribution >= 0.6 is 11.3 Å². The Morgan fingerprint density at radius 3 is 2.73 bits per heavy atom. The van der Waals surface area contributed by atoms with Gasteiger partial charge in [0.1, 0.15) is 11.3 Å². The van der Waals surface area contributed by atoms with E-state index < -0.39 is 0 Å². The fourth-order valence-corrected chi connectivity index (χ4v) is 4.15. The lowest BCUT2D eigenvalue weighted by Gasteiger charge is -2.09. The minimum atomic E-state index is 0.519. The van der Waals surface area contributed by atoms with Gasteiger partial charge in [-0.2, -0.15) is 0 Å². The molecule has 2 heteroatoms. The van der Waals surface area contributed by atoms with Crippen LogP contribution in [-0.4, -0.2) is 0 Å². The lowest BCUT2D eigenvalue weighted by molar-refractivity contribution is 0.578. The molecule has 0 N–H and O–H groups in total. The van der Waals surface area contributed by atoms with Crippen LogP contribution in [0.5, 0.6) is 0 Å². The molecule has 2 heterocycles. The zero-order valence-electron chi connectivity index (χ0n) is 12.8. The highest BCUT2D eigenvalue weighted by Gasteiger charge is 2.11. The van der Waals surface area contributed by atoms with Crippen molar-refractivity contribution in [3.63, 3.8) is 0 Å². The van der Waals surface area contributed by atoms with Gasteiger partial charge in [-0.3, -0.25) is 0 Å². The summed E-state index contributed by atoms with van der Waals surface area (Å²) in [7, 11) is 0. The van der Waals surface area contributed by atoms with E-state index in [0.717, 1.165) is 17.8 Å². The number of hydrogen-bond acceptors (Lipinski definition) is 2. The minimum absolute atomic E-state index is 0.519. The molecule has 4 rings (SSSR count). The summed E-state index contributed by atoms with van der Waals surface area (Å²) in [6.45, 7) is 4.31. The Kier molecular flexibility index (Phi) is 3.27. The van der Waals surface area contributed by atoms with E-state index in [-0.39, 0.29) is 0 Å². The molecule has 0 bridgehead atoms. The van der Waals surface area contributed by atoms with Crippen molar-refractivity contribution in [2.24, 2.45) is 0 Å². The van der Waals surface area contributed by atoms with E-state index in [1.807, 2.05) is 18.3 Å². The van der Waals surface area contributed by atoms with E-state index in [1.165, 1.54) is 25.9 Å². The van der Waals surface area contributed by atoms with Crippen LogP contribution in [0, 0.1) is 6.92 Å². The zero-order valence-corrected chi connectivity index (χ0v) is 13.6. The number of benzene rings is 2. The Morgan fingerprint density at radius 1 is 1.00 bits per heavy atom.